The molecule has 0 radical (unpaired) electrons. The maximum atomic E-state index is 12.3. The van der Waals surface area contributed by atoms with Gasteiger partial charge in [-0.15, -0.1) is 0 Å². The number of benzene rings is 1. The topological polar surface area (TPSA) is 75.0 Å². The van der Waals surface area contributed by atoms with Crippen LogP contribution in [0.5, 0.6) is 11.5 Å². The fourth-order valence-electron chi connectivity index (χ4n) is 2.45. The number of fused-ring (bicyclic) bond motifs is 1. The van der Waals surface area contributed by atoms with Gasteiger partial charge in [-0.1, -0.05) is 6.92 Å². The molecule has 0 N–H and O–H groups in total. The summed E-state index contributed by atoms with van der Waals surface area (Å²) in [6, 6.07) is 9.11. The highest BCUT2D eigenvalue weighted by Crippen LogP contribution is 2.18. The number of hydrogen-bond acceptors (Lipinski definition) is 6. The zero-order valence-corrected chi connectivity index (χ0v) is 14.8. The molecule has 0 aliphatic carbocycles. The van der Waals surface area contributed by atoms with Gasteiger partial charge in [0.1, 0.15) is 30.3 Å². The number of aryl methyl sites for hydroxylation is 1. The van der Waals surface area contributed by atoms with Crippen molar-refractivity contribution in [2.45, 2.75) is 20.3 Å². The second-order valence-electron chi connectivity index (χ2n) is 5.65. The molecule has 1 aromatic carbocycles. The quantitative estimate of drug-likeness (QED) is 0.457. The Morgan fingerprint density at radius 2 is 1.77 bits per heavy atom. The molecule has 0 fully saturated rings. The van der Waals surface area contributed by atoms with Crippen molar-refractivity contribution >= 4 is 11.6 Å². The molecule has 26 heavy (non-hydrogen) atoms. The van der Waals surface area contributed by atoms with Crippen molar-refractivity contribution in [2.24, 2.45) is 0 Å². The van der Waals surface area contributed by atoms with Crippen LogP contribution in [0.1, 0.15) is 29.4 Å². The largest absolute Gasteiger partial charge is 0.494 e. The summed E-state index contributed by atoms with van der Waals surface area (Å²) < 4.78 is 17.9. The van der Waals surface area contributed by atoms with Crippen molar-refractivity contribution in [3.63, 3.8) is 0 Å². The first-order chi connectivity index (χ1) is 12.7. The van der Waals surface area contributed by atoms with Crippen LogP contribution in [0.4, 0.5) is 0 Å². The third-order valence-corrected chi connectivity index (χ3v) is 3.66. The zero-order valence-electron chi connectivity index (χ0n) is 14.8. The van der Waals surface area contributed by atoms with E-state index in [1.165, 1.54) is 0 Å². The molecule has 2 heterocycles. The molecule has 0 spiro atoms. The van der Waals surface area contributed by atoms with Crippen LogP contribution < -0.4 is 9.47 Å². The normalized spacial score (nSPS) is 10.7. The van der Waals surface area contributed by atoms with Crippen LogP contribution in [0.3, 0.4) is 0 Å². The van der Waals surface area contributed by atoms with Crippen molar-refractivity contribution in [3.8, 4) is 11.5 Å². The third kappa shape index (κ3) is 4.11. The van der Waals surface area contributed by atoms with E-state index in [0.717, 1.165) is 12.2 Å². The first-order valence-electron chi connectivity index (χ1n) is 8.51. The first kappa shape index (κ1) is 17.7. The first-order valence-corrected chi connectivity index (χ1v) is 8.51. The van der Waals surface area contributed by atoms with E-state index in [9.17, 15) is 4.79 Å². The fraction of sp³-hybridized carbons (Fsp3) is 0.316. The SMILES string of the molecule is CCCOc1ccc(OCCOC(=O)c2c(C)nn3cccnc23)cc1. The van der Waals surface area contributed by atoms with Crippen LogP contribution in [0, 0.1) is 6.92 Å². The average molecular weight is 355 g/mol. The molecule has 3 rings (SSSR count). The summed E-state index contributed by atoms with van der Waals surface area (Å²) in [7, 11) is 0. The van der Waals surface area contributed by atoms with Crippen LogP contribution in [0.25, 0.3) is 5.65 Å². The van der Waals surface area contributed by atoms with E-state index in [1.807, 2.05) is 24.3 Å². The highest BCUT2D eigenvalue weighted by Gasteiger charge is 2.19. The number of ether oxygens (including phenoxy) is 3. The smallest absolute Gasteiger partial charge is 0.344 e. The predicted octanol–water partition coefficient (Wildman–Crippen LogP) is 3.06. The van der Waals surface area contributed by atoms with Gasteiger partial charge >= 0.3 is 5.97 Å². The second kappa shape index (κ2) is 8.33. The summed E-state index contributed by atoms with van der Waals surface area (Å²) in [5.74, 6) is 1.04. The number of carbonyl (C=O) groups excluding carboxylic acids is 1. The molecule has 0 amide bonds. The predicted molar refractivity (Wildman–Crippen MR) is 95.7 cm³/mol. The van der Waals surface area contributed by atoms with Crippen molar-refractivity contribution in [2.75, 3.05) is 19.8 Å². The number of rotatable bonds is 8. The van der Waals surface area contributed by atoms with Crippen molar-refractivity contribution in [1.82, 2.24) is 14.6 Å². The van der Waals surface area contributed by atoms with Gasteiger partial charge in [0.05, 0.1) is 12.3 Å². The molecule has 7 nitrogen and oxygen atoms in total. The van der Waals surface area contributed by atoms with Gasteiger partial charge in [-0.05, 0) is 43.7 Å². The highest BCUT2D eigenvalue weighted by atomic mass is 16.6. The van der Waals surface area contributed by atoms with Crippen molar-refractivity contribution in [3.05, 3.63) is 54.0 Å². The minimum atomic E-state index is -0.455. The van der Waals surface area contributed by atoms with E-state index in [0.29, 0.717) is 29.3 Å². The zero-order chi connectivity index (χ0) is 18.4. The molecule has 0 unspecified atom stereocenters. The minimum absolute atomic E-state index is 0.135. The molecule has 0 bridgehead atoms. The van der Waals surface area contributed by atoms with Gasteiger partial charge in [0.15, 0.2) is 5.65 Å². The van der Waals surface area contributed by atoms with Crippen LogP contribution in [0.2, 0.25) is 0 Å². The van der Waals surface area contributed by atoms with E-state index < -0.39 is 5.97 Å². The second-order valence-corrected chi connectivity index (χ2v) is 5.65. The summed E-state index contributed by atoms with van der Waals surface area (Å²) in [6.07, 6.45) is 4.32. The van der Waals surface area contributed by atoms with E-state index >= 15 is 0 Å². The summed E-state index contributed by atoms with van der Waals surface area (Å²) in [5.41, 5.74) is 1.44. The van der Waals surface area contributed by atoms with Gasteiger partial charge in [-0.2, -0.15) is 5.10 Å². The van der Waals surface area contributed by atoms with Crippen LogP contribution >= 0.6 is 0 Å². The molecule has 2 aromatic heterocycles. The standard InChI is InChI=1S/C19H21N3O4/c1-3-11-24-15-5-7-16(8-6-15)25-12-13-26-19(23)17-14(2)21-22-10-4-9-20-18(17)22/h4-10H,3,11-13H2,1-2H3. The summed E-state index contributed by atoms with van der Waals surface area (Å²) in [5, 5.41) is 4.25. The fourth-order valence-corrected chi connectivity index (χ4v) is 2.45. The van der Waals surface area contributed by atoms with Gasteiger partial charge in [0, 0.05) is 12.4 Å². The minimum Gasteiger partial charge on any atom is -0.494 e. The molecular formula is C19H21N3O4. The Hall–Kier alpha value is -3.09. The molecule has 0 aliphatic heterocycles. The van der Waals surface area contributed by atoms with Crippen LogP contribution in [-0.4, -0.2) is 40.4 Å². The lowest BCUT2D eigenvalue weighted by Crippen LogP contribution is -2.13. The Labute approximate surface area is 151 Å². The lowest BCUT2D eigenvalue weighted by molar-refractivity contribution is 0.0451. The monoisotopic (exact) mass is 355 g/mol. The van der Waals surface area contributed by atoms with Gasteiger partial charge in [-0.25, -0.2) is 14.3 Å². The number of esters is 1. The molecule has 0 atom stereocenters. The number of nitrogens with zero attached hydrogens (tertiary/aromatic N) is 3. The molecule has 0 saturated carbocycles. The van der Waals surface area contributed by atoms with Crippen molar-refractivity contribution < 1.29 is 19.0 Å². The van der Waals surface area contributed by atoms with E-state index in [1.54, 1.807) is 29.9 Å². The lowest BCUT2D eigenvalue weighted by atomic mass is 10.2. The van der Waals surface area contributed by atoms with Gasteiger partial charge in [0.25, 0.3) is 0 Å². The Kier molecular flexibility index (Phi) is 5.68. The summed E-state index contributed by atoms with van der Waals surface area (Å²) >= 11 is 0. The van der Waals surface area contributed by atoms with Crippen LogP contribution in [0.15, 0.2) is 42.7 Å². The molecule has 0 saturated heterocycles. The molecular weight excluding hydrogens is 334 g/mol. The molecule has 0 aliphatic rings. The van der Waals surface area contributed by atoms with Gasteiger partial charge in [0.2, 0.25) is 0 Å². The van der Waals surface area contributed by atoms with Crippen LogP contribution in [-0.2, 0) is 4.74 Å². The third-order valence-electron chi connectivity index (χ3n) is 3.66. The van der Waals surface area contributed by atoms with E-state index in [-0.39, 0.29) is 13.2 Å². The maximum Gasteiger partial charge on any atom is 0.344 e. The lowest BCUT2D eigenvalue weighted by Gasteiger charge is -2.08. The van der Waals surface area contributed by atoms with E-state index in [2.05, 4.69) is 17.0 Å². The maximum absolute atomic E-state index is 12.3. The average Bonchev–Trinajstić information content (AvgIpc) is 3.00. The number of aromatic nitrogens is 3. The molecule has 3 aromatic rings. The Morgan fingerprint density at radius 3 is 2.46 bits per heavy atom. The van der Waals surface area contributed by atoms with E-state index in [4.69, 9.17) is 14.2 Å². The number of carbonyl (C=O) groups is 1. The van der Waals surface area contributed by atoms with Gasteiger partial charge in [-0.3, -0.25) is 0 Å². The highest BCUT2D eigenvalue weighted by molar-refractivity contribution is 5.97. The molecule has 7 heteroatoms. The van der Waals surface area contributed by atoms with Crippen molar-refractivity contribution in [1.29, 1.82) is 0 Å². The Morgan fingerprint density at radius 1 is 1.08 bits per heavy atom. The Bertz CT molecular complexity index is 874. The Balaban J connectivity index is 1.50. The number of hydrogen-bond donors (Lipinski definition) is 0. The van der Waals surface area contributed by atoms with Gasteiger partial charge < -0.3 is 14.2 Å². The molecule has 136 valence electrons. The summed E-state index contributed by atoms with van der Waals surface area (Å²) in [4.78, 5) is 16.5. The summed E-state index contributed by atoms with van der Waals surface area (Å²) in [6.45, 7) is 4.89.